The van der Waals surface area contributed by atoms with Gasteiger partial charge >= 0.3 is 5.97 Å². The van der Waals surface area contributed by atoms with Crippen LogP contribution in [0.25, 0.3) is 0 Å². The molecule has 39 heavy (non-hydrogen) atoms. The summed E-state index contributed by atoms with van der Waals surface area (Å²) in [5.41, 5.74) is 0.609. The zero-order valence-corrected chi connectivity index (χ0v) is 28.4. The van der Waals surface area contributed by atoms with Gasteiger partial charge in [-0.15, -0.1) is 0 Å². The van der Waals surface area contributed by atoms with Gasteiger partial charge in [0.15, 0.2) is 5.78 Å². The summed E-state index contributed by atoms with van der Waals surface area (Å²) in [5.74, 6) is 0.130. The lowest BCUT2D eigenvalue weighted by Gasteiger charge is -2.39. The Balaban J connectivity index is 2.22. The first-order chi connectivity index (χ1) is 17.7. The van der Waals surface area contributed by atoms with E-state index in [-0.39, 0.29) is 51.2 Å². The number of allylic oxidation sites excluding steroid dienone is 2. The fourth-order valence-corrected chi connectivity index (χ4v) is 6.38. The van der Waals surface area contributed by atoms with Crippen molar-refractivity contribution in [3.05, 3.63) is 34.4 Å². The molecule has 3 rings (SSSR count). The van der Waals surface area contributed by atoms with Crippen molar-refractivity contribution in [1.29, 1.82) is 0 Å². The zero-order valence-electron chi connectivity index (χ0n) is 25.6. The van der Waals surface area contributed by atoms with Gasteiger partial charge in [-0.25, -0.2) is 4.79 Å². The molecular weight excluding hydrogens is 548 g/mol. The van der Waals surface area contributed by atoms with E-state index in [9.17, 15) is 9.59 Å². The van der Waals surface area contributed by atoms with Gasteiger partial charge in [0, 0.05) is 24.5 Å². The fourth-order valence-electron chi connectivity index (χ4n) is 4.03. The van der Waals surface area contributed by atoms with Crippen molar-refractivity contribution in [2.24, 2.45) is 0 Å². The van der Waals surface area contributed by atoms with Crippen LogP contribution in [0.2, 0.25) is 41.3 Å². The number of hydrogen-bond donors (Lipinski definition) is 0. The summed E-state index contributed by atoms with van der Waals surface area (Å²) in [6.45, 7) is 23.3. The maximum absolute atomic E-state index is 13.8. The molecule has 6 nitrogen and oxygen atoms in total. The lowest BCUT2D eigenvalue weighted by molar-refractivity contribution is -0.114. The summed E-state index contributed by atoms with van der Waals surface area (Å²) in [6, 6.07) is 1.75. The molecule has 0 bridgehead atoms. The highest BCUT2D eigenvalue weighted by atomic mass is 35.5. The first-order valence-electron chi connectivity index (χ1n) is 14.0. The molecule has 9 heteroatoms. The average Bonchev–Trinajstić information content (AvgIpc) is 3.49. The van der Waals surface area contributed by atoms with E-state index in [1.54, 1.807) is 12.1 Å². The summed E-state index contributed by atoms with van der Waals surface area (Å²) < 4.78 is 25.1. The van der Waals surface area contributed by atoms with E-state index in [0.29, 0.717) is 23.5 Å². The summed E-state index contributed by atoms with van der Waals surface area (Å²) in [4.78, 5) is 27.0. The highest BCUT2D eigenvalue weighted by Crippen LogP contribution is 2.46. The van der Waals surface area contributed by atoms with Gasteiger partial charge in [-0.3, -0.25) is 4.79 Å². The SMILES string of the molecule is C[C@@H]1CC2O[C@@H]2CC/C=C/C(=O)Cc2c(Cl)c(O[Si](C)(C)C(C)(C)C)cc(O[Si](C)(C)C(C)(C)C)c2C(=O)O1. The van der Waals surface area contributed by atoms with Crippen LogP contribution in [-0.2, 0) is 20.7 Å². The summed E-state index contributed by atoms with van der Waals surface area (Å²) >= 11 is 7.01. The zero-order chi connectivity index (χ0) is 29.6. The van der Waals surface area contributed by atoms with E-state index >= 15 is 0 Å². The number of carbonyl (C=O) groups excluding carboxylic acids is 2. The molecule has 1 saturated heterocycles. The largest absolute Gasteiger partial charge is 0.543 e. The van der Waals surface area contributed by atoms with Crippen molar-refractivity contribution in [3.63, 3.8) is 0 Å². The molecule has 0 aromatic heterocycles. The highest BCUT2D eigenvalue weighted by Gasteiger charge is 2.43. The standard InChI is InChI=1S/C30H47ClO6Si2/c1-19-16-23-22(35-23)15-13-12-14-20(32)17-21-26(28(33)34-19)24(36-38(8,9)29(2,3)4)18-25(27(21)31)37-39(10,11)30(5,6)7/h12,14,18-19,22-23H,13,15-17H2,1-11H3/b14-12+/t19-,22-,23?/m1/s1. The molecule has 3 atom stereocenters. The lowest BCUT2D eigenvalue weighted by Crippen LogP contribution is -2.45. The summed E-state index contributed by atoms with van der Waals surface area (Å²) in [7, 11) is -4.72. The minimum Gasteiger partial charge on any atom is -0.543 e. The molecule has 1 unspecified atom stereocenters. The molecule has 1 aromatic carbocycles. The van der Waals surface area contributed by atoms with E-state index in [0.717, 1.165) is 12.8 Å². The number of esters is 1. The van der Waals surface area contributed by atoms with E-state index in [4.69, 9.17) is 29.9 Å². The Morgan fingerprint density at radius 3 is 2.05 bits per heavy atom. The number of fused-ring (bicyclic) bond motifs is 2. The molecule has 0 radical (unpaired) electrons. The summed E-state index contributed by atoms with van der Waals surface area (Å²) in [6.07, 6.45) is 5.44. The minimum atomic E-state index is -2.41. The van der Waals surface area contributed by atoms with Crippen LogP contribution in [-0.4, -0.2) is 46.7 Å². The van der Waals surface area contributed by atoms with E-state index in [1.807, 2.05) is 13.0 Å². The Morgan fingerprint density at radius 1 is 0.923 bits per heavy atom. The molecule has 0 spiro atoms. The van der Waals surface area contributed by atoms with Crippen molar-refractivity contribution in [2.45, 2.75) is 129 Å². The van der Waals surface area contributed by atoms with Gasteiger partial charge in [0.1, 0.15) is 23.2 Å². The molecule has 0 saturated carbocycles. The monoisotopic (exact) mass is 594 g/mol. The van der Waals surface area contributed by atoms with Crippen molar-refractivity contribution < 1.29 is 27.9 Å². The molecule has 2 heterocycles. The van der Waals surface area contributed by atoms with Gasteiger partial charge in [0.05, 0.1) is 17.2 Å². The molecule has 1 fully saturated rings. The van der Waals surface area contributed by atoms with Crippen LogP contribution in [0, 0.1) is 0 Å². The van der Waals surface area contributed by atoms with Crippen LogP contribution in [0.3, 0.4) is 0 Å². The fraction of sp³-hybridized carbons (Fsp3) is 0.667. The van der Waals surface area contributed by atoms with Gasteiger partial charge in [0.25, 0.3) is 16.6 Å². The average molecular weight is 595 g/mol. The van der Waals surface area contributed by atoms with E-state index in [1.165, 1.54) is 0 Å². The summed E-state index contributed by atoms with van der Waals surface area (Å²) in [5, 5.41) is 0.0516. The maximum Gasteiger partial charge on any atom is 0.342 e. The first kappa shape index (κ1) is 31.9. The third-order valence-electron chi connectivity index (χ3n) is 8.67. The molecule has 0 aliphatic carbocycles. The van der Waals surface area contributed by atoms with Crippen LogP contribution in [0.4, 0.5) is 0 Å². The van der Waals surface area contributed by atoms with Crippen molar-refractivity contribution in [3.8, 4) is 11.5 Å². The van der Waals surface area contributed by atoms with Crippen molar-refractivity contribution in [1.82, 2.24) is 0 Å². The Hall–Kier alpha value is -1.62. The maximum atomic E-state index is 13.8. The second-order valence-corrected chi connectivity index (χ2v) is 23.9. The van der Waals surface area contributed by atoms with Crippen LogP contribution in [0.15, 0.2) is 18.2 Å². The number of ether oxygens (including phenoxy) is 2. The highest BCUT2D eigenvalue weighted by molar-refractivity contribution is 6.75. The topological polar surface area (TPSA) is 74.4 Å². The van der Waals surface area contributed by atoms with Crippen LogP contribution in [0.1, 0.15) is 83.7 Å². The normalized spacial score (nSPS) is 24.2. The predicted molar refractivity (Wildman–Crippen MR) is 162 cm³/mol. The number of cyclic esters (lactones) is 1. The molecule has 0 amide bonds. The molecular formula is C30H47ClO6Si2. The number of ketones is 1. The van der Waals surface area contributed by atoms with Crippen LogP contribution in [0.5, 0.6) is 11.5 Å². The Morgan fingerprint density at radius 2 is 1.49 bits per heavy atom. The van der Waals surface area contributed by atoms with Gasteiger partial charge in [-0.1, -0.05) is 59.2 Å². The molecule has 2 aliphatic heterocycles. The number of rotatable bonds is 4. The quantitative estimate of drug-likeness (QED) is 0.198. The third-order valence-corrected chi connectivity index (χ3v) is 17.8. The Labute approximate surface area is 242 Å². The molecule has 2 aliphatic rings. The predicted octanol–water partition coefficient (Wildman–Crippen LogP) is 8.27. The van der Waals surface area contributed by atoms with Gasteiger partial charge < -0.3 is 18.3 Å². The third kappa shape index (κ3) is 7.57. The molecule has 1 aromatic rings. The second-order valence-electron chi connectivity index (χ2n) is 14.1. The number of hydrogen-bond acceptors (Lipinski definition) is 6. The van der Waals surface area contributed by atoms with Gasteiger partial charge in [-0.2, -0.15) is 0 Å². The minimum absolute atomic E-state index is 0.0563. The van der Waals surface area contributed by atoms with E-state index in [2.05, 4.69) is 67.7 Å². The molecule has 218 valence electrons. The number of epoxide rings is 1. The van der Waals surface area contributed by atoms with Crippen LogP contribution >= 0.6 is 11.6 Å². The Kier molecular flexibility index (Phi) is 9.28. The van der Waals surface area contributed by atoms with Crippen molar-refractivity contribution in [2.75, 3.05) is 0 Å². The second kappa shape index (κ2) is 11.3. The smallest absolute Gasteiger partial charge is 0.342 e. The Bertz CT molecular complexity index is 1130. The van der Waals surface area contributed by atoms with Crippen molar-refractivity contribution >= 4 is 40.0 Å². The van der Waals surface area contributed by atoms with Gasteiger partial charge in [-0.05, 0) is 62.1 Å². The lowest BCUT2D eigenvalue weighted by atomic mass is 9.99. The molecule has 0 N–H and O–H groups in total. The van der Waals surface area contributed by atoms with E-state index < -0.39 is 22.6 Å². The van der Waals surface area contributed by atoms with Gasteiger partial charge in [0.2, 0.25) is 0 Å². The number of carbonyl (C=O) groups is 2. The first-order valence-corrected chi connectivity index (χ1v) is 20.2. The number of benzene rings is 1. The van der Waals surface area contributed by atoms with Crippen LogP contribution < -0.4 is 8.85 Å². The number of halogens is 1.